The third-order valence-electron chi connectivity index (χ3n) is 6.66. The number of carbonyl (C=O) groups excluding carboxylic acids is 1. The summed E-state index contributed by atoms with van der Waals surface area (Å²) < 4.78 is 32.3. The van der Waals surface area contributed by atoms with E-state index < -0.39 is 29.7 Å². The minimum atomic E-state index is -1.27. The summed E-state index contributed by atoms with van der Waals surface area (Å²) in [5, 5.41) is 0. The number of nitrogens with zero attached hydrogens (tertiary/aromatic N) is 1. The van der Waals surface area contributed by atoms with Gasteiger partial charge in [0.2, 0.25) is 0 Å². The van der Waals surface area contributed by atoms with Gasteiger partial charge >= 0.3 is 5.97 Å². The fourth-order valence-corrected chi connectivity index (χ4v) is 6.00. The van der Waals surface area contributed by atoms with E-state index >= 15 is 0 Å². The van der Waals surface area contributed by atoms with Crippen molar-refractivity contribution in [1.29, 1.82) is 0 Å². The largest absolute Gasteiger partial charge is 0.597 e. The van der Waals surface area contributed by atoms with Crippen molar-refractivity contribution in [3.05, 3.63) is 23.8 Å². The molecule has 0 radical (unpaired) electrons. The van der Waals surface area contributed by atoms with Crippen LogP contribution < -0.4 is 0 Å². The fourth-order valence-electron chi connectivity index (χ4n) is 3.89. The van der Waals surface area contributed by atoms with Gasteiger partial charge in [-0.3, -0.25) is 4.79 Å². The molecule has 6 nitrogen and oxygen atoms in total. The molecule has 3 atom stereocenters. The maximum atomic E-state index is 13.6. The summed E-state index contributed by atoms with van der Waals surface area (Å²) in [6, 6.07) is 1.07. The van der Waals surface area contributed by atoms with Crippen LogP contribution in [0.3, 0.4) is 0 Å². The predicted molar refractivity (Wildman–Crippen MR) is 138 cm³/mol. The minimum Gasteiger partial charge on any atom is -0.597 e. The van der Waals surface area contributed by atoms with Crippen LogP contribution in [0.1, 0.15) is 48.0 Å². The highest BCUT2D eigenvalue weighted by atomic mass is 32.2. The Kier molecular flexibility index (Phi) is 9.49. The monoisotopic (exact) mass is 499 g/mol. The van der Waals surface area contributed by atoms with Crippen LogP contribution in [-0.2, 0) is 30.4 Å². The normalized spacial score (nSPS) is 24.8. The van der Waals surface area contributed by atoms with Gasteiger partial charge in [-0.1, -0.05) is 56.0 Å². The molecular weight excluding hydrogens is 454 g/mol. The molecule has 2 rings (SSSR count). The van der Waals surface area contributed by atoms with Gasteiger partial charge in [0.05, 0.1) is 25.7 Å². The van der Waals surface area contributed by atoms with E-state index in [9.17, 15) is 9.35 Å². The summed E-state index contributed by atoms with van der Waals surface area (Å²) in [6.45, 7) is 21.1. The number of rotatable bonds is 11. The average Bonchev–Trinajstić information content (AvgIpc) is 2.67. The molecule has 1 saturated heterocycles. The lowest BCUT2D eigenvalue weighted by Gasteiger charge is -2.51. The third-order valence-corrected chi connectivity index (χ3v) is 10.3. The molecule has 0 saturated carbocycles. The average molecular weight is 500 g/mol. The van der Waals surface area contributed by atoms with E-state index in [4.69, 9.17) is 14.2 Å². The zero-order valence-corrected chi connectivity index (χ0v) is 24.0. The smallest absolute Gasteiger partial charge is 0.309 e. The summed E-state index contributed by atoms with van der Waals surface area (Å²) in [4.78, 5) is 12.4. The Morgan fingerprint density at radius 1 is 1.33 bits per heavy atom. The number of hydrogen-bond donors (Lipinski definition) is 0. The molecule has 0 spiro atoms. The molecule has 8 heteroatoms. The van der Waals surface area contributed by atoms with Crippen molar-refractivity contribution in [2.24, 2.45) is 11.3 Å². The maximum Gasteiger partial charge on any atom is 0.309 e. The maximum absolute atomic E-state index is 13.6. The van der Waals surface area contributed by atoms with E-state index in [2.05, 4.69) is 44.8 Å². The zero-order chi connectivity index (χ0) is 25.1. The van der Waals surface area contributed by atoms with Crippen LogP contribution in [0, 0.1) is 11.3 Å². The first-order valence-corrected chi connectivity index (χ1v) is 16.9. The van der Waals surface area contributed by atoms with E-state index in [-0.39, 0.29) is 17.3 Å². The highest BCUT2D eigenvalue weighted by Crippen LogP contribution is 2.44. The number of ether oxygens (including phenoxy) is 3. The van der Waals surface area contributed by atoms with E-state index in [1.54, 1.807) is 0 Å². The van der Waals surface area contributed by atoms with Gasteiger partial charge in [0.1, 0.15) is 17.0 Å². The van der Waals surface area contributed by atoms with Crippen LogP contribution in [0.2, 0.25) is 25.7 Å². The van der Waals surface area contributed by atoms with E-state index in [1.165, 1.54) is 0 Å². The molecule has 1 aliphatic heterocycles. The summed E-state index contributed by atoms with van der Waals surface area (Å²) in [6.07, 6.45) is 7.12. The van der Waals surface area contributed by atoms with Gasteiger partial charge in [-0.05, 0) is 45.7 Å². The van der Waals surface area contributed by atoms with Crippen molar-refractivity contribution < 1.29 is 23.6 Å². The number of esters is 1. The minimum absolute atomic E-state index is 0.172. The fraction of sp³-hybridized carbons (Fsp3) is 0.800. The second-order valence-corrected chi connectivity index (χ2v) is 19.6. The van der Waals surface area contributed by atoms with E-state index in [0.29, 0.717) is 39.6 Å². The van der Waals surface area contributed by atoms with Crippen molar-refractivity contribution in [3.8, 4) is 0 Å². The Labute approximate surface area is 205 Å². The van der Waals surface area contributed by atoms with E-state index in [1.807, 2.05) is 38.9 Å². The van der Waals surface area contributed by atoms with Crippen molar-refractivity contribution in [2.75, 3.05) is 33.2 Å². The molecule has 0 amide bonds. The van der Waals surface area contributed by atoms with Crippen LogP contribution >= 0.6 is 0 Å². The van der Waals surface area contributed by atoms with Gasteiger partial charge < -0.3 is 18.8 Å². The molecule has 2 aliphatic rings. The molecular formula is C25H45NO5SSi. The Morgan fingerprint density at radius 3 is 2.39 bits per heavy atom. The molecule has 0 bridgehead atoms. The summed E-state index contributed by atoms with van der Waals surface area (Å²) in [5.74, 6) is -0.417. The zero-order valence-electron chi connectivity index (χ0n) is 22.2. The van der Waals surface area contributed by atoms with Crippen LogP contribution in [-0.4, -0.2) is 66.3 Å². The van der Waals surface area contributed by atoms with Crippen LogP contribution in [0.15, 0.2) is 23.8 Å². The lowest BCUT2D eigenvalue weighted by molar-refractivity contribution is -0.150. The van der Waals surface area contributed by atoms with Gasteiger partial charge in [0.15, 0.2) is 0 Å². The highest BCUT2D eigenvalue weighted by molar-refractivity contribution is 7.90. The second kappa shape index (κ2) is 11.0. The third kappa shape index (κ3) is 6.95. The number of carbonyl (C=O) groups is 1. The highest BCUT2D eigenvalue weighted by Gasteiger charge is 2.55. The van der Waals surface area contributed by atoms with E-state index in [0.717, 1.165) is 11.6 Å². The second-order valence-electron chi connectivity index (χ2n) is 11.8. The van der Waals surface area contributed by atoms with Gasteiger partial charge in [-0.25, -0.2) is 0 Å². The topological polar surface area (TPSA) is 71.1 Å². The molecule has 0 aromatic heterocycles. The molecule has 0 N–H and O–H groups in total. The van der Waals surface area contributed by atoms with Gasteiger partial charge in [0, 0.05) is 31.5 Å². The quantitative estimate of drug-likeness (QED) is 0.132. The molecule has 1 aliphatic carbocycles. The van der Waals surface area contributed by atoms with Crippen LogP contribution in [0.5, 0.6) is 0 Å². The summed E-state index contributed by atoms with van der Waals surface area (Å²) >= 11 is -1.27. The first-order chi connectivity index (χ1) is 15.2. The Morgan fingerprint density at radius 2 is 1.97 bits per heavy atom. The van der Waals surface area contributed by atoms with Crippen molar-refractivity contribution in [3.63, 3.8) is 0 Å². The summed E-state index contributed by atoms with van der Waals surface area (Å²) in [7, 11) is -1.21. The Hall–Kier alpha value is -0.643. The lowest BCUT2D eigenvalue weighted by Crippen LogP contribution is -2.67. The molecule has 0 aromatic carbocycles. The molecule has 1 heterocycles. The first kappa shape index (κ1) is 28.6. The van der Waals surface area contributed by atoms with Gasteiger partial charge in [-0.15, -0.1) is 0 Å². The van der Waals surface area contributed by atoms with Crippen molar-refractivity contribution in [1.82, 2.24) is 4.31 Å². The van der Waals surface area contributed by atoms with Crippen LogP contribution in [0.25, 0.3) is 0 Å². The molecule has 3 unspecified atom stereocenters. The molecule has 33 heavy (non-hydrogen) atoms. The Balaban J connectivity index is 2.24. The first-order valence-electron chi connectivity index (χ1n) is 12.1. The molecule has 190 valence electrons. The van der Waals surface area contributed by atoms with Gasteiger partial charge in [-0.2, -0.15) is 0 Å². The SMILES string of the molecule is CCOC(=O)C(C)C1(C)C=CC(C2(N(COCC[Si](C)(C)C)[S+]([O-])C(C)(C)C)COC2)=CC1. The lowest BCUT2D eigenvalue weighted by atomic mass is 9.70. The number of allylic oxidation sites excluding steroid dienone is 2. The standard InChI is InChI=1S/C25H45NO5SSi/c1-10-31-22(27)20(2)24(6)13-11-21(12-14-24)25(17-30-18-25)26(32(28)23(3,4)5)19-29-15-16-33(7,8)9/h11-13,20H,10,14-19H2,1-9H3. The molecule has 1 fully saturated rings. The van der Waals surface area contributed by atoms with Crippen LogP contribution in [0.4, 0.5) is 0 Å². The van der Waals surface area contributed by atoms with Crippen molar-refractivity contribution >= 4 is 25.4 Å². The molecule has 0 aromatic rings. The Bertz CT molecular complexity index is 738. The predicted octanol–water partition coefficient (Wildman–Crippen LogP) is 4.92. The van der Waals surface area contributed by atoms with Gasteiger partial charge in [0.25, 0.3) is 0 Å². The van der Waals surface area contributed by atoms with Crippen molar-refractivity contribution in [2.45, 2.75) is 83.9 Å². The summed E-state index contributed by atoms with van der Waals surface area (Å²) in [5.41, 5.74) is 0.291. The number of hydrogen-bond acceptors (Lipinski definition) is 6.